The van der Waals surface area contributed by atoms with Gasteiger partial charge in [-0.25, -0.2) is 13.2 Å². The summed E-state index contributed by atoms with van der Waals surface area (Å²) >= 11 is 0. The molecule has 0 atom stereocenters. The number of ether oxygens (including phenoxy) is 1. The van der Waals surface area contributed by atoms with Gasteiger partial charge in [-0.3, -0.25) is 14.5 Å². The summed E-state index contributed by atoms with van der Waals surface area (Å²) in [6, 6.07) is 1.17. The summed E-state index contributed by atoms with van der Waals surface area (Å²) in [6.07, 6.45) is 2.01. The fraction of sp³-hybridized carbons (Fsp3) is 0.364. The summed E-state index contributed by atoms with van der Waals surface area (Å²) in [7, 11) is -3.86. The largest absolute Gasteiger partial charge is 0.478 e. The Labute approximate surface area is 115 Å². The Morgan fingerprint density at radius 2 is 2.15 bits per heavy atom. The molecule has 0 saturated heterocycles. The third kappa shape index (κ3) is 4.84. The van der Waals surface area contributed by atoms with Crippen molar-refractivity contribution in [3.05, 3.63) is 24.0 Å². The number of hydrogen-bond acceptors (Lipinski definition) is 6. The average Bonchev–Trinajstić information content (AvgIpc) is 2.37. The molecule has 0 fully saturated rings. The smallest absolute Gasteiger partial charge is 0.337 e. The molecule has 1 heterocycles. The zero-order valence-corrected chi connectivity index (χ0v) is 11.5. The van der Waals surface area contributed by atoms with Gasteiger partial charge in [-0.2, -0.15) is 0 Å². The van der Waals surface area contributed by atoms with E-state index in [9.17, 15) is 18.0 Å². The molecule has 0 aliphatic carbocycles. The predicted octanol–water partition coefficient (Wildman–Crippen LogP) is 0.475. The second-order valence-corrected chi connectivity index (χ2v) is 5.54. The van der Waals surface area contributed by atoms with Gasteiger partial charge in [-0.1, -0.05) is 0 Å². The molecule has 0 spiro atoms. The molecule has 0 saturated carbocycles. The Hall–Kier alpha value is -2.16. The van der Waals surface area contributed by atoms with Crippen molar-refractivity contribution in [2.75, 3.05) is 17.1 Å². The summed E-state index contributed by atoms with van der Waals surface area (Å²) in [6.45, 7) is 1.78. The van der Waals surface area contributed by atoms with Crippen LogP contribution in [0.15, 0.2) is 18.5 Å². The number of aromatic nitrogens is 1. The Kier molecular flexibility index (Phi) is 5.44. The van der Waals surface area contributed by atoms with Crippen molar-refractivity contribution in [3.63, 3.8) is 0 Å². The summed E-state index contributed by atoms with van der Waals surface area (Å²) in [5, 5.41) is 8.91. The quantitative estimate of drug-likeness (QED) is 0.702. The number of pyridine rings is 1. The summed E-state index contributed by atoms with van der Waals surface area (Å²) in [5.41, 5.74) is -0.372. The number of nitrogens with zero attached hydrogens (tertiary/aromatic N) is 1. The van der Waals surface area contributed by atoms with E-state index in [1.54, 1.807) is 6.92 Å². The fourth-order valence-electron chi connectivity index (χ4n) is 1.33. The van der Waals surface area contributed by atoms with Crippen LogP contribution in [0.4, 0.5) is 5.69 Å². The summed E-state index contributed by atoms with van der Waals surface area (Å²) in [4.78, 5) is 25.7. The van der Waals surface area contributed by atoms with E-state index >= 15 is 0 Å². The minimum Gasteiger partial charge on any atom is -0.478 e. The van der Waals surface area contributed by atoms with E-state index in [4.69, 9.17) is 5.11 Å². The van der Waals surface area contributed by atoms with Crippen molar-refractivity contribution in [3.8, 4) is 0 Å². The van der Waals surface area contributed by atoms with Crippen molar-refractivity contribution in [1.82, 2.24) is 4.98 Å². The SMILES string of the molecule is CCOC(=O)CCS(=O)(=O)Nc1cnccc1C(=O)O. The van der Waals surface area contributed by atoms with E-state index in [1.165, 1.54) is 12.3 Å². The molecule has 2 N–H and O–H groups in total. The van der Waals surface area contributed by atoms with E-state index in [0.717, 1.165) is 6.20 Å². The van der Waals surface area contributed by atoms with Crippen LogP contribution < -0.4 is 4.72 Å². The van der Waals surface area contributed by atoms with Crippen LogP contribution in [-0.4, -0.2) is 42.8 Å². The van der Waals surface area contributed by atoms with Crippen molar-refractivity contribution < 1.29 is 27.9 Å². The maximum Gasteiger partial charge on any atom is 0.337 e. The van der Waals surface area contributed by atoms with Gasteiger partial charge in [0.05, 0.1) is 36.2 Å². The van der Waals surface area contributed by atoms with Crippen molar-refractivity contribution >= 4 is 27.6 Å². The van der Waals surface area contributed by atoms with Gasteiger partial charge in [-0.15, -0.1) is 0 Å². The molecule has 0 aliphatic heterocycles. The third-order valence-electron chi connectivity index (χ3n) is 2.20. The molecule has 1 aromatic heterocycles. The lowest BCUT2D eigenvalue weighted by molar-refractivity contribution is -0.142. The number of hydrogen-bond donors (Lipinski definition) is 2. The number of nitrogens with one attached hydrogen (secondary N) is 1. The maximum atomic E-state index is 11.7. The fourth-order valence-corrected chi connectivity index (χ4v) is 2.37. The number of carbonyl (C=O) groups excluding carboxylic acids is 1. The zero-order chi connectivity index (χ0) is 15.2. The normalized spacial score (nSPS) is 10.8. The van der Waals surface area contributed by atoms with Gasteiger partial charge < -0.3 is 9.84 Å². The van der Waals surface area contributed by atoms with Gasteiger partial charge in [0.15, 0.2) is 0 Å². The van der Waals surface area contributed by atoms with Crippen LogP contribution in [0.25, 0.3) is 0 Å². The topological polar surface area (TPSA) is 123 Å². The molecular formula is C11H14N2O6S. The number of esters is 1. The highest BCUT2D eigenvalue weighted by atomic mass is 32.2. The average molecular weight is 302 g/mol. The standard InChI is InChI=1S/C11H14N2O6S/c1-2-19-10(14)4-6-20(17,18)13-9-7-12-5-3-8(9)11(15)16/h3,5,7,13H,2,4,6H2,1H3,(H,15,16). The van der Waals surface area contributed by atoms with E-state index in [2.05, 4.69) is 14.4 Å². The molecule has 0 bridgehead atoms. The molecule has 110 valence electrons. The highest BCUT2D eigenvalue weighted by Gasteiger charge is 2.18. The lowest BCUT2D eigenvalue weighted by atomic mass is 10.2. The second-order valence-electron chi connectivity index (χ2n) is 3.70. The molecule has 1 rings (SSSR count). The van der Waals surface area contributed by atoms with E-state index < -0.39 is 27.7 Å². The number of carboxylic acids is 1. The first-order chi connectivity index (χ1) is 9.35. The molecule has 0 amide bonds. The van der Waals surface area contributed by atoms with Crippen LogP contribution in [-0.2, 0) is 19.6 Å². The maximum absolute atomic E-state index is 11.7. The van der Waals surface area contributed by atoms with Crippen molar-refractivity contribution in [2.45, 2.75) is 13.3 Å². The number of aromatic carboxylic acids is 1. The Morgan fingerprint density at radius 3 is 2.75 bits per heavy atom. The first-order valence-corrected chi connectivity index (χ1v) is 7.34. The Balaban J connectivity index is 2.77. The number of carboxylic acid groups (broad SMARTS) is 1. The van der Waals surface area contributed by atoms with Crippen LogP contribution in [0.3, 0.4) is 0 Å². The summed E-state index contributed by atoms with van der Waals surface area (Å²) in [5.74, 6) is -2.42. The van der Waals surface area contributed by atoms with E-state index in [-0.39, 0.29) is 24.3 Å². The lowest BCUT2D eigenvalue weighted by Gasteiger charge is -2.09. The predicted molar refractivity (Wildman–Crippen MR) is 69.9 cm³/mol. The van der Waals surface area contributed by atoms with Gasteiger partial charge in [0.2, 0.25) is 10.0 Å². The molecule has 0 aromatic carbocycles. The molecule has 0 unspecified atom stereocenters. The Bertz CT molecular complexity index is 599. The third-order valence-corrected chi connectivity index (χ3v) is 3.47. The van der Waals surface area contributed by atoms with Crippen LogP contribution in [0.2, 0.25) is 0 Å². The number of rotatable bonds is 7. The second kappa shape index (κ2) is 6.85. The monoisotopic (exact) mass is 302 g/mol. The molecule has 1 aromatic rings. The van der Waals surface area contributed by atoms with E-state index in [0.29, 0.717) is 0 Å². The highest BCUT2D eigenvalue weighted by molar-refractivity contribution is 7.92. The van der Waals surface area contributed by atoms with Gasteiger partial charge >= 0.3 is 11.9 Å². The van der Waals surface area contributed by atoms with Crippen LogP contribution in [0.1, 0.15) is 23.7 Å². The van der Waals surface area contributed by atoms with Gasteiger partial charge in [0, 0.05) is 6.20 Å². The summed E-state index contributed by atoms with van der Waals surface area (Å²) < 4.78 is 30.2. The first-order valence-electron chi connectivity index (χ1n) is 5.69. The molecule has 0 radical (unpaired) electrons. The van der Waals surface area contributed by atoms with Crippen molar-refractivity contribution in [2.24, 2.45) is 0 Å². The molecule has 0 aliphatic rings. The molecule has 9 heteroatoms. The lowest BCUT2D eigenvalue weighted by Crippen LogP contribution is -2.21. The number of sulfonamides is 1. The van der Waals surface area contributed by atoms with Gasteiger partial charge in [0.1, 0.15) is 0 Å². The minimum atomic E-state index is -3.86. The van der Waals surface area contributed by atoms with Crippen LogP contribution in [0.5, 0.6) is 0 Å². The first kappa shape index (κ1) is 15.9. The minimum absolute atomic E-state index is 0.149. The Morgan fingerprint density at radius 1 is 1.45 bits per heavy atom. The van der Waals surface area contributed by atoms with Crippen molar-refractivity contribution in [1.29, 1.82) is 0 Å². The van der Waals surface area contributed by atoms with Gasteiger partial charge in [-0.05, 0) is 13.0 Å². The zero-order valence-electron chi connectivity index (χ0n) is 10.7. The number of carbonyl (C=O) groups is 2. The van der Waals surface area contributed by atoms with Gasteiger partial charge in [0.25, 0.3) is 0 Å². The molecule has 8 nitrogen and oxygen atoms in total. The van der Waals surface area contributed by atoms with E-state index in [1.807, 2.05) is 0 Å². The molecule has 20 heavy (non-hydrogen) atoms. The van der Waals surface area contributed by atoms with Crippen LogP contribution >= 0.6 is 0 Å². The molecular weight excluding hydrogens is 288 g/mol. The highest BCUT2D eigenvalue weighted by Crippen LogP contribution is 2.15. The van der Waals surface area contributed by atoms with Crippen LogP contribution in [0, 0.1) is 0 Å². The number of anilines is 1.